The van der Waals surface area contributed by atoms with Crippen LogP contribution in [0.3, 0.4) is 0 Å². The minimum Gasteiger partial charge on any atom is -0.265 e. The van der Waals surface area contributed by atoms with Crippen LogP contribution in [-0.4, -0.2) is 40.3 Å². The van der Waals surface area contributed by atoms with Gasteiger partial charge in [-0.1, -0.05) is 48.3 Å². The molecule has 5 aromatic rings. The Morgan fingerprint density at radius 1 is 1.00 bits per heavy atom. The van der Waals surface area contributed by atoms with Gasteiger partial charge in [-0.15, -0.1) is 0 Å². The molecule has 1 aromatic carbocycles. The zero-order chi connectivity index (χ0) is 23.1. The quantitative estimate of drug-likeness (QED) is 0.410. The molecule has 0 bridgehead atoms. The Hall–Kier alpha value is -4.34. The molecule has 4 aromatic heterocycles. The van der Waals surface area contributed by atoms with Crippen molar-refractivity contribution in [3.8, 4) is 0 Å². The standard InChI is InChI=1S/C24H24N10/c1-3-4-9-20-27-18-7-5-14-25-21(18)34(20)33-19-8-6-15-26-22(19)32(24-28-30-31-29-24)23(33)17-12-10-16(2)11-13-17/h5-8,10-15,23H,3-4,9H2,1-2H3,(H,28,29,30,31). The zero-order valence-corrected chi connectivity index (χ0v) is 19.0. The number of aromatic amines is 1. The molecule has 170 valence electrons. The van der Waals surface area contributed by atoms with E-state index in [0.717, 1.165) is 53.3 Å². The second-order valence-electron chi connectivity index (χ2n) is 8.36. The number of rotatable bonds is 6. The lowest BCUT2D eigenvalue weighted by atomic mass is 10.1. The van der Waals surface area contributed by atoms with Crippen molar-refractivity contribution in [1.29, 1.82) is 0 Å². The van der Waals surface area contributed by atoms with Crippen LogP contribution in [0.5, 0.6) is 0 Å². The van der Waals surface area contributed by atoms with E-state index in [0.29, 0.717) is 5.95 Å². The molecule has 1 unspecified atom stereocenters. The molecule has 1 atom stereocenters. The molecule has 34 heavy (non-hydrogen) atoms. The number of H-pyrrole nitrogens is 1. The fourth-order valence-corrected chi connectivity index (χ4v) is 4.50. The molecule has 0 saturated heterocycles. The van der Waals surface area contributed by atoms with Crippen LogP contribution in [0.4, 0.5) is 17.5 Å². The number of unbranched alkanes of at least 4 members (excludes halogenated alkanes) is 1. The minimum absolute atomic E-state index is 0.306. The van der Waals surface area contributed by atoms with Crippen LogP contribution < -0.4 is 9.91 Å². The molecule has 1 aliphatic heterocycles. The number of nitrogens with one attached hydrogen (secondary N) is 1. The highest BCUT2D eigenvalue weighted by molar-refractivity contribution is 5.81. The van der Waals surface area contributed by atoms with Crippen molar-refractivity contribution in [3.05, 3.63) is 77.9 Å². The highest BCUT2D eigenvalue weighted by Gasteiger charge is 2.43. The Labute approximate surface area is 196 Å². The van der Waals surface area contributed by atoms with E-state index in [1.54, 1.807) is 6.20 Å². The summed E-state index contributed by atoms with van der Waals surface area (Å²) in [6.07, 6.45) is 6.23. The lowest BCUT2D eigenvalue weighted by Crippen LogP contribution is -2.38. The number of anilines is 3. The van der Waals surface area contributed by atoms with Crippen molar-refractivity contribution in [2.75, 3.05) is 9.91 Å². The van der Waals surface area contributed by atoms with Crippen LogP contribution in [0.2, 0.25) is 0 Å². The number of nitrogens with zero attached hydrogens (tertiary/aromatic N) is 9. The van der Waals surface area contributed by atoms with Gasteiger partial charge in [0.1, 0.15) is 17.0 Å². The van der Waals surface area contributed by atoms with E-state index in [2.05, 4.69) is 74.5 Å². The number of pyridine rings is 2. The molecular weight excluding hydrogens is 428 g/mol. The first kappa shape index (κ1) is 20.3. The zero-order valence-electron chi connectivity index (χ0n) is 19.0. The topological polar surface area (TPSA) is 105 Å². The van der Waals surface area contributed by atoms with Gasteiger partial charge in [-0.2, -0.15) is 0 Å². The molecule has 0 radical (unpaired) electrons. The summed E-state index contributed by atoms with van der Waals surface area (Å²) in [5, 5.41) is 17.1. The summed E-state index contributed by atoms with van der Waals surface area (Å²) in [6.45, 7) is 4.27. The number of tetrazole rings is 1. The van der Waals surface area contributed by atoms with Gasteiger partial charge >= 0.3 is 0 Å². The third kappa shape index (κ3) is 3.18. The molecule has 10 nitrogen and oxygen atoms in total. The second kappa shape index (κ2) is 8.22. The van der Waals surface area contributed by atoms with Crippen molar-refractivity contribution < 1.29 is 0 Å². The number of hydrogen-bond acceptors (Lipinski definition) is 8. The molecule has 0 amide bonds. The molecule has 1 N–H and O–H groups in total. The maximum absolute atomic E-state index is 4.97. The Morgan fingerprint density at radius 3 is 2.62 bits per heavy atom. The molecule has 0 aliphatic carbocycles. The third-order valence-corrected chi connectivity index (χ3v) is 6.09. The van der Waals surface area contributed by atoms with Crippen LogP contribution in [0.25, 0.3) is 11.2 Å². The predicted octanol–water partition coefficient (Wildman–Crippen LogP) is 4.11. The number of fused-ring (bicyclic) bond motifs is 2. The van der Waals surface area contributed by atoms with Gasteiger partial charge in [0.05, 0.1) is 0 Å². The molecule has 0 saturated carbocycles. The number of imidazole rings is 1. The van der Waals surface area contributed by atoms with Gasteiger partial charge in [0.15, 0.2) is 17.6 Å². The Balaban J connectivity index is 1.63. The SMILES string of the molecule is CCCCc1nc2cccnc2n1N1c2cccnc2N(c2nnn[nH]2)C1c1ccc(C)cc1. The van der Waals surface area contributed by atoms with Crippen molar-refractivity contribution in [1.82, 2.24) is 40.3 Å². The summed E-state index contributed by atoms with van der Waals surface area (Å²) in [7, 11) is 0. The summed E-state index contributed by atoms with van der Waals surface area (Å²) >= 11 is 0. The molecular formula is C24H24N10. The van der Waals surface area contributed by atoms with Gasteiger partial charge in [-0.05, 0) is 53.6 Å². The third-order valence-electron chi connectivity index (χ3n) is 6.09. The van der Waals surface area contributed by atoms with Crippen molar-refractivity contribution >= 4 is 28.6 Å². The molecule has 5 heterocycles. The summed E-state index contributed by atoms with van der Waals surface area (Å²) in [5.74, 6) is 2.23. The minimum atomic E-state index is -0.306. The second-order valence-corrected chi connectivity index (χ2v) is 8.36. The Kier molecular flexibility index (Phi) is 4.90. The van der Waals surface area contributed by atoms with Gasteiger partial charge < -0.3 is 0 Å². The van der Waals surface area contributed by atoms with E-state index < -0.39 is 0 Å². The highest BCUT2D eigenvalue weighted by atomic mass is 15.7. The fourth-order valence-electron chi connectivity index (χ4n) is 4.50. The average Bonchev–Trinajstić information content (AvgIpc) is 3.59. The first-order valence-electron chi connectivity index (χ1n) is 11.4. The lowest BCUT2D eigenvalue weighted by Gasteiger charge is -2.32. The molecule has 10 heteroatoms. The number of hydrogen-bond donors (Lipinski definition) is 1. The Bertz CT molecular complexity index is 1420. The number of aryl methyl sites for hydroxylation is 2. The van der Waals surface area contributed by atoms with Gasteiger partial charge in [0.2, 0.25) is 0 Å². The van der Waals surface area contributed by atoms with Crippen molar-refractivity contribution in [2.24, 2.45) is 0 Å². The summed E-state index contributed by atoms with van der Waals surface area (Å²) in [4.78, 5) is 16.5. The largest absolute Gasteiger partial charge is 0.265 e. The number of benzene rings is 1. The Morgan fingerprint density at radius 2 is 1.82 bits per heavy atom. The van der Waals surface area contributed by atoms with E-state index in [1.807, 2.05) is 29.3 Å². The van der Waals surface area contributed by atoms with Crippen LogP contribution >= 0.6 is 0 Å². The van der Waals surface area contributed by atoms with E-state index in [-0.39, 0.29) is 6.17 Å². The van der Waals surface area contributed by atoms with E-state index >= 15 is 0 Å². The molecule has 6 rings (SSSR count). The van der Waals surface area contributed by atoms with E-state index in [1.165, 1.54) is 5.56 Å². The summed E-state index contributed by atoms with van der Waals surface area (Å²) in [6, 6.07) is 16.4. The van der Waals surface area contributed by atoms with Gasteiger partial charge in [0.25, 0.3) is 5.95 Å². The van der Waals surface area contributed by atoms with Crippen molar-refractivity contribution in [2.45, 2.75) is 39.3 Å². The maximum Gasteiger partial charge on any atom is 0.250 e. The molecule has 1 aliphatic rings. The summed E-state index contributed by atoms with van der Waals surface area (Å²) in [5.41, 5.74) is 4.85. The highest BCUT2D eigenvalue weighted by Crippen LogP contribution is 2.48. The first-order valence-corrected chi connectivity index (χ1v) is 11.4. The van der Waals surface area contributed by atoms with E-state index in [9.17, 15) is 0 Å². The van der Waals surface area contributed by atoms with Crippen LogP contribution in [0.15, 0.2) is 60.9 Å². The van der Waals surface area contributed by atoms with Gasteiger partial charge in [-0.25, -0.2) is 29.7 Å². The summed E-state index contributed by atoms with van der Waals surface area (Å²) < 4.78 is 2.14. The predicted molar refractivity (Wildman–Crippen MR) is 128 cm³/mol. The number of aromatic nitrogens is 8. The van der Waals surface area contributed by atoms with Crippen LogP contribution in [-0.2, 0) is 6.42 Å². The van der Waals surface area contributed by atoms with Crippen LogP contribution in [0.1, 0.15) is 42.9 Å². The fraction of sp³-hybridized carbons (Fsp3) is 0.250. The molecule has 0 fully saturated rings. The smallest absolute Gasteiger partial charge is 0.250 e. The van der Waals surface area contributed by atoms with Crippen LogP contribution in [0, 0.1) is 6.92 Å². The van der Waals surface area contributed by atoms with E-state index in [4.69, 9.17) is 15.0 Å². The van der Waals surface area contributed by atoms with Gasteiger partial charge in [0, 0.05) is 18.8 Å². The average molecular weight is 453 g/mol. The normalized spacial score (nSPS) is 15.3. The first-order chi connectivity index (χ1) is 16.8. The lowest BCUT2D eigenvalue weighted by molar-refractivity contribution is 0.566. The van der Waals surface area contributed by atoms with Gasteiger partial charge in [-0.3, -0.25) is 4.90 Å². The van der Waals surface area contributed by atoms with Crippen molar-refractivity contribution in [3.63, 3.8) is 0 Å². The molecule has 0 spiro atoms. The monoisotopic (exact) mass is 452 g/mol. The maximum atomic E-state index is 4.97.